The van der Waals surface area contributed by atoms with Crippen LogP contribution in [0.1, 0.15) is 12.8 Å². The average molecular weight is 327 g/mol. The molecule has 1 saturated heterocycles. The smallest absolute Gasteiger partial charge is 0.0505 e. The molecule has 0 amide bonds. The normalized spacial score (nSPS) is 20.8. The summed E-state index contributed by atoms with van der Waals surface area (Å²) in [5.41, 5.74) is 1.44. The molecule has 98 valence electrons. The summed E-state index contributed by atoms with van der Waals surface area (Å²) in [6.45, 7) is 4.82. The molecule has 1 aromatic carbocycles. The predicted octanol–water partition coefficient (Wildman–Crippen LogP) is 3.36. The van der Waals surface area contributed by atoms with Gasteiger partial charge in [-0.3, -0.25) is 0 Å². The van der Waals surface area contributed by atoms with Crippen LogP contribution >= 0.6 is 27.7 Å². The van der Waals surface area contributed by atoms with E-state index in [1.165, 1.54) is 59.8 Å². The van der Waals surface area contributed by atoms with E-state index in [2.05, 4.69) is 44.3 Å². The molecule has 0 unspecified atom stereocenters. The number of benzene rings is 1. The van der Waals surface area contributed by atoms with Gasteiger partial charge < -0.3 is 10.2 Å². The molecule has 18 heavy (non-hydrogen) atoms. The van der Waals surface area contributed by atoms with Gasteiger partial charge in [-0.15, -0.1) is 11.8 Å². The third kappa shape index (κ3) is 2.86. The lowest BCUT2D eigenvalue weighted by atomic mass is 9.97. The van der Waals surface area contributed by atoms with Crippen molar-refractivity contribution in [3.63, 3.8) is 0 Å². The summed E-state index contributed by atoms with van der Waals surface area (Å²) in [6, 6.07) is 6.70. The van der Waals surface area contributed by atoms with Crippen LogP contribution in [0, 0.1) is 5.92 Å². The number of hydrogen-bond acceptors (Lipinski definition) is 3. The molecule has 0 atom stereocenters. The fraction of sp³-hybridized carbons (Fsp3) is 0.571. The van der Waals surface area contributed by atoms with Gasteiger partial charge in [-0.25, -0.2) is 0 Å². The van der Waals surface area contributed by atoms with Gasteiger partial charge >= 0.3 is 0 Å². The van der Waals surface area contributed by atoms with E-state index in [4.69, 9.17) is 0 Å². The van der Waals surface area contributed by atoms with Gasteiger partial charge in [-0.05, 0) is 50.0 Å². The summed E-state index contributed by atoms with van der Waals surface area (Å²) < 4.78 is 1.19. The molecule has 2 heterocycles. The third-order valence-corrected chi connectivity index (χ3v) is 5.34. The van der Waals surface area contributed by atoms with Crippen molar-refractivity contribution in [3.8, 4) is 0 Å². The molecule has 1 fully saturated rings. The maximum Gasteiger partial charge on any atom is 0.0505 e. The predicted molar refractivity (Wildman–Crippen MR) is 82.7 cm³/mol. The highest BCUT2D eigenvalue weighted by Gasteiger charge is 2.22. The minimum absolute atomic E-state index is 0.867. The molecule has 0 bridgehead atoms. The van der Waals surface area contributed by atoms with Crippen LogP contribution in [0.2, 0.25) is 0 Å². The van der Waals surface area contributed by atoms with E-state index >= 15 is 0 Å². The zero-order valence-electron chi connectivity index (χ0n) is 10.5. The number of thioether (sulfide) groups is 1. The Bertz CT molecular complexity index is 418. The van der Waals surface area contributed by atoms with Crippen LogP contribution in [0.25, 0.3) is 0 Å². The minimum Gasteiger partial charge on any atom is -0.370 e. The van der Waals surface area contributed by atoms with Crippen LogP contribution in [0.5, 0.6) is 0 Å². The van der Waals surface area contributed by atoms with E-state index in [9.17, 15) is 0 Å². The van der Waals surface area contributed by atoms with Crippen LogP contribution in [-0.4, -0.2) is 31.9 Å². The van der Waals surface area contributed by atoms with Crippen molar-refractivity contribution in [2.75, 3.05) is 36.8 Å². The fourth-order valence-electron chi connectivity index (χ4n) is 2.82. The number of nitrogens with zero attached hydrogens (tertiary/aromatic N) is 1. The van der Waals surface area contributed by atoms with Gasteiger partial charge in [-0.1, -0.05) is 15.9 Å². The van der Waals surface area contributed by atoms with Crippen molar-refractivity contribution in [3.05, 3.63) is 22.7 Å². The molecule has 2 nitrogen and oxygen atoms in total. The van der Waals surface area contributed by atoms with E-state index in [1.807, 2.05) is 11.8 Å². The zero-order chi connectivity index (χ0) is 12.4. The number of hydrogen-bond donors (Lipinski definition) is 1. The maximum absolute atomic E-state index is 3.57. The van der Waals surface area contributed by atoms with Gasteiger partial charge in [0, 0.05) is 28.2 Å². The Hall–Kier alpha value is -0.190. The number of piperidine rings is 1. The second-order valence-corrected chi connectivity index (χ2v) is 7.15. The lowest BCUT2D eigenvalue weighted by Crippen LogP contribution is -2.38. The molecule has 1 N–H and O–H groups in total. The molecule has 2 aliphatic rings. The lowest BCUT2D eigenvalue weighted by Gasteiger charge is -2.35. The number of rotatable bonds is 2. The summed E-state index contributed by atoms with van der Waals surface area (Å²) in [5.74, 6) is 2.08. The van der Waals surface area contributed by atoms with Crippen LogP contribution in [-0.2, 0) is 0 Å². The van der Waals surface area contributed by atoms with Gasteiger partial charge in [0.15, 0.2) is 0 Å². The summed E-state index contributed by atoms with van der Waals surface area (Å²) in [4.78, 5) is 4.03. The lowest BCUT2D eigenvalue weighted by molar-refractivity contribution is 0.374. The topological polar surface area (TPSA) is 15.3 Å². The van der Waals surface area contributed by atoms with Crippen molar-refractivity contribution in [2.45, 2.75) is 17.7 Å². The molecule has 3 rings (SSSR count). The number of fused-ring (bicyclic) bond motifs is 1. The molecule has 0 saturated carbocycles. The molecule has 0 aromatic heterocycles. The Kier molecular flexibility index (Phi) is 4.16. The van der Waals surface area contributed by atoms with E-state index in [-0.39, 0.29) is 0 Å². The maximum atomic E-state index is 3.57. The van der Waals surface area contributed by atoms with Gasteiger partial charge in [0.05, 0.1) is 5.69 Å². The number of halogens is 1. The third-order valence-electron chi connectivity index (χ3n) is 3.82. The minimum atomic E-state index is 0.867. The molecule has 0 radical (unpaired) electrons. The quantitative estimate of drug-likeness (QED) is 0.897. The Labute approximate surface area is 122 Å². The van der Waals surface area contributed by atoms with Crippen LogP contribution in [0.4, 0.5) is 5.69 Å². The Morgan fingerprint density at radius 1 is 1.33 bits per heavy atom. The average Bonchev–Trinajstić information content (AvgIpc) is 2.40. The summed E-state index contributed by atoms with van der Waals surface area (Å²) in [6.07, 6.45) is 2.66. The molecular weight excluding hydrogens is 308 g/mol. The first-order valence-electron chi connectivity index (χ1n) is 6.71. The zero-order valence-corrected chi connectivity index (χ0v) is 12.9. The van der Waals surface area contributed by atoms with Gasteiger partial charge in [0.1, 0.15) is 0 Å². The van der Waals surface area contributed by atoms with Crippen molar-refractivity contribution in [1.82, 2.24) is 5.32 Å². The monoisotopic (exact) mass is 326 g/mol. The van der Waals surface area contributed by atoms with Gasteiger partial charge in [-0.2, -0.15) is 0 Å². The van der Waals surface area contributed by atoms with E-state index in [0.717, 1.165) is 5.92 Å². The molecule has 1 aromatic rings. The second-order valence-electron chi connectivity index (χ2n) is 5.10. The summed E-state index contributed by atoms with van der Waals surface area (Å²) in [5, 5.41) is 3.45. The van der Waals surface area contributed by atoms with Crippen molar-refractivity contribution >= 4 is 33.4 Å². The van der Waals surface area contributed by atoms with E-state index < -0.39 is 0 Å². The Morgan fingerprint density at radius 3 is 3.00 bits per heavy atom. The number of anilines is 1. The highest BCUT2D eigenvalue weighted by atomic mass is 79.9. The first kappa shape index (κ1) is 12.8. The Morgan fingerprint density at radius 2 is 2.17 bits per heavy atom. The first-order chi connectivity index (χ1) is 8.83. The molecular formula is C14H19BrN2S. The highest BCUT2D eigenvalue weighted by molar-refractivity contribution is 9.10. The SMILES string of the molecule is Brc1ccc2c(c1)SCCN2CC1CCNCC1. The largest absolute Gasteiger partial charge is 0.370 e. The second kappa shape index (κ2) is 5.85. The molecule has 4 heteroatoms. The molecule has 0 spiro atoms. The number of nitrogens with one attached hydrogen (secondary N) is 1. The van der Waals surface area contributed by atoms with Crippen molar-refractivity contribution in [2.24, 2.45) is 5.92 Å². The summed E-state index contributed by atoms with van der Waals surface area (Å²) >= 11 is 5.55. The van der Waals surface area contributed by atoms with Crippen LogP contribution < -0.4 is 10.2 Å². The fourth-order valence-corrected chi connectivity index (χ4v) is 4.42. The molecule has 2 aliphatic heterocycles. The van der Waals surface area contributed by atoms with E-state index in [0.29, 0.717) is 0 Å². The summed E-state index contributed by atoms with van der Waals surface area (Å²) in [7, 11) is 0. The highest BCUT2D eigenvalue weighted by Crippen LogP contribution is 2.37. The van der Waals surface area contributed by atoms with E-state index in [1.54, 1.807) is 0 Å². The Balaban J connectivity index is 1.74. The standard InChI is InChI=1S/C14H19BrN2S/c15-12-1-2-13-14(9-12)18-8-7-17(13)10-11-3-5-16-6-4-11/h1-2,9,11,16H,3-8,10H2. The van der Waals surface area contributed by atoms with Crippen molar-refractivity contribution < 1.29 is 0 Å². The first-order valence-corrected chi connectivity index (χ1v) is 8.49. The van der Waals surface area contributed by atoms with Crippen molar-refractivity contribution in [1.29, 1.82) is 0 Å². The molecule has 0 aliphatic carbocycles. The van der Waals surface area contributed by atoms with Crippen LogP contribution in [0.3, 0.4) is 0 Å². The van der Waals surface area contributed by atoms with Gasteiger partial charge in [0.25, 0.3) is 0 Å². The van der Waals surface area contributed by atoms with Gasteiger partial charge in [0.2, 0.25) is 0 Å². The van der Waals surface area contributed by atoms with Crippen LogP contribution in [0.15, 0.2) is 27.6 Å².